The fourth-order valence-electron chi connectivity index (χ4n) is 1.18. The molecule has 1 aromatic carbocycles. The number of nitro groups is 1. The van der Waals surface area contributed by atoms with Crippen LogP contribution in [0.3, 0.4) is 0 Å². The first-order chi connectivity index (χ1) is 7.95. The van der Waals surface area contributed by atoms with Gasteiger partial charge in [0.15, 0.2) is 0 Å². The van der Waals surface area contributed by atoms with Crippen LogP contribution in [0.4, 0.5) is 14.9 Å². The first-order valence-corrected chi connectivity index (χ1v) is 4.88. The molecule has 0 radical (unpaired) electrons. The Labute approximate surface area is 99.7 Å². The highest BCUT2D eigenvalue weighted by molar-refractivity contribution is 6.18. The molecule has 1 unspecified atom stereocenters. The fraction of sp³-hybridized carbons (Fsp3) is 0.222. The van der Waals surface area contributed by atoms with E-state index in [2.05, 4.69) is 4.74 Å². The van der Waals surface area contributed by atoms with Crippen molar-refractivity contribution in [1.29, 1.82) is 0 Å². The Balaban J connectivity index is 3.08. The zero-order valence-electron chi connectivity index (χ0n) is 8.30. The van der Waals surface area contributed by atoms with Gasteiger partial charge in [0.05, 0.1) is 10.8 Å². The largest absolute Gasteiger partial charge is 0.506 e. The number of alkyl halides is 1. The molecule has 1 aromatic rings. The lowest BCUT2D eigenvalue weighted by Crippen LogP contribution is -2.11. The van der Waals surface area contributed by atoms with Gasteiger partial charge in [-0.1, -0.05) is 6.07 Å². The Kier molecular flexibility index (Phi) is 4.22. The molecular formula is C9H7ClFNO5. The molecule has 1 rings (SSSR count). The van der Waals surface area contributed by atoms with Gasteiger partial charge in [0, 0.05) is 11.6 Å². The summed E-state index contributed by atoms with van der Waals surface area (Å²) in [5.41, 5.74) is -0.637. The lowest BCUT2D eigenvalue weighted by molar-refractivity contribution is -0.387. The second-order valence-corrected chi connectivity index (χ2v) is 3.30. The maximum atomic E-state index is 13.0. The van der Waals surface area contributed by atoms with E-state index < -0.39 is 28.7 Å². The van der Waals surface area contributed by atoms with Crippen LogP contribution in [0.5, 0.6) is 0 Å². The van der Waals surface area contributed by atoms with Crippen molar-refractivity contribution in [2.45, 2.75) is 6.10 Å². The minimum absolute atomic E-state index is 0.121. The van der Waals surface area contributed by atoms with E-state index in [9.17, 15) is 19.3 Å². The standard InChI is InChI=1S/C9H7ClFNO5/c10-4-8(17-9(13)14)5-1-2-6(11)7(3-5)12(15)16/h1-3,8H,4H2,(H,13,14). The molecule has 1 N–H and O–H groups in total. The molecule has 8 heteroatoms. The van der Waals surface area contributed by atoms with Gasteiger partial charge in [-0.15, -0.1) is 11.6 Å². The Morgan fingerprint density at radius 2 is 2.29 bits per heavy atom. The van der Waals surface area contributed by atoms with Crippen LogP contribution in [-0.2, 0) is 4.74 Å². The molecule has 0 heterocycles. The zero-order chi connectivity index (χ0) is 13.0. The number of hydrogen-bond donors (Lipinski definition) is 1. The Hall–Kier alpha value is -1.89. The number of nitrogens with zero attached hydrogens (tertiary/aromatic N) is 1. The fourth-order valence-corrected chi connectivity index (χ4v) is 1.42. The van der Waals surface area contributed by atoms with Crippen molar-refractivity contribution in [1.82, 2.24) is 0 Å². The number of carboxylic acid groups (broad SMARTS) is 1. The lowest BCUT2D eigenvalue weighted by atomic mass is 10.1. The minimum Gasteiger partial charge on any atom is -0.450 e. The van der Waals surface area contributed by atoms with Crippen molar-refractivity contribution in [3.05, 3.63) is 39.7 Å². The average molecular weight is 264 g/mol. The molecule has 0 aliphatic heterocycles. The van der Waals surface area contributed by atoms with Gasteiger partial charge in [-0.2, -0.15) is 4.39 Å². The Morgan fingerprint density at radius 3 is 2.76 bits per heavy atom. The number of rotatable bonds is 4. The Bertz CT molecular complexity index is 453. The smallest absolute Gasteiger partial charge is 0.450 e. The van der Waals surface area contributed by atoms with Crippen LogP contribution in [0.1, 0.15) is 11.7 Å². The van der Waals surface area contributed by atoms with Crippen LogP contribution in [0.2, 0.25) is 0 Å². The zero-order valence-corrected chi connectivity index (χ0v) is 9.06. The number of carbonyl (C=O) groups is 1. The molecule has 0 aromatic heterocycles. The number of halogens is 2. The number of ether oxygens (including phenoxy) is 1. The molecule has 0 aliphatic carbocycles. The first kappa shape index (κ1) is 13.2. The first-order valence-electron chi connectivity index (χ1n) is 4.35. The second-order valence-electron chi connectivity index (χ2n) is 2.99. The highest BCUT2D eigenvalue weighted by Crippen LogP contribution is 2.25. The summed E-state index contributed by atoms with van der Waals surface area (Å²) in [6.45, 7) is 0. The summed E-state index contributed by atoms with van der Waals surface area (Å²) in [6, 6.07) is 2.93. The molecular weight excluding hydrogens is 257 g/mol. The van der Waals surface area contributed by atoms with E-state index in [0.717, 1.165) is 12.1 Å². The molecule has 17 heavy (non-hydrogen) atoms. The summed E-state index contributed by atoms with van der Waals surface area (Å²) in [5, 5.41) is 18.9. The summed E-state index contributed by atoms with van der Waals surface area (Å²) in [4.78, 5) is 19.9. The van der Waals surface area contributed by atoms with Gasteiger partial charge in [0.2, 0.25) is 5.82 Å². The van der Waals surface area contributed by atoms with Gasteiger partial charge in [-0.3, -0.25) is 10.1 Å². The molecule has 6 nitrogen and oxygen atoms in total. The van der Waals surface area contributed by atoms with E-state index in [-0.39, 0.29) is 11.4 Å². The highest BCUT2D eigenvalue weighted by atomic mass is 35.5. The molecule has 0 aliphatic rings. The van der Waals surface area contributed by atoms with Gasteiger partial charge in [0.1, 0.15) is 6.10 Å². The number of benzene rings is 1. The third-order valence-corrected chi connectivity index (χ3v) is 2.20. The van der Waals surface area contributed by atoms with Crippen LogP contribution < -0.4 is 0 Å². The number of hydrogen-bond acceptors (Lipinski definition) is 4. The lowest BCUT2D eigenvalue weighted by Gasteiger charge is -2.12. The van der Waals surface area contributed by atoms with Crippen LogP contribution in [0.15, 0.2) is 18.2 Å². The maximum absolute atomic E-state index is 13.0. The minimum atomic E-state index is -1.57. The van der Waals surface area contributed by atoms with Crippen molar-refractivity contribution >= 4 is 23.4 Å². The highest BCUT2D eigenvalue weighted by Gasteiger charge is 2.21. The molecule has 0 bridgehead atoms. The summed E-state index contributed by atoms with van der Waals surface area (Å²) < 4.78 is 17.4. The van der Waals surface area contributed by atoms with E-state index in [1.807, 2.05) is 0 Å². The normalized spacial score (nSPS) is 11.9. The summed E-state index contributed by atoms with van der Waals surface area (Å²) >= 11 is 5.47. The monoisotopic (exact) mass is 263 g/mol. The van der Waals surface area contributed by atoms with E-state index in [1.165, 1.54) is 6.07 Å². The summed E-state index contributed by atoms with van der Waals surface area (Å²) in [5.74, 6) is -1.24. The van der Waals surface area contributed by atoms with Crippen LogP contribution in [-0.4, -0.2) is 22.1 Å². The third-order valence-electron chi connectivity index (χ3n) is 1.92. The van der Waals surface area contributed by atoms with Crippen molar-refractivity contribution in [3.63, 3.8) is 0 Å². The van der Waals surface area contributed by atoms with Gasteiger partial charge in [-0.05, 0) is 6.07 Å². The van der Waals surface area contributed by atoms with Gasteiger partial charge in [-0.25, -0.2) is 4.79 Å². The maximum Gasteiger partial charge on any atom is 0.506 e. The van der Waals surface area contributed by atoms with Crippen molar-refractivity contribution < 1.29 is 24.0 Å². The van der Waals surface area contributed by atoms with Crippen molar-refractivity contribution in [3.8, 4) is 0 Å². The van der Waals surface area contributed by atoms with E-state index in [4.69, 9.17) is 16.7 Å². The topological polar surface area (TPSA) is 89.7 Å². The van der Waals surface area contributed by atoms with Gasteiger partial charge >= 0.3 is 11.8 Å². The second kappa shape index (κ2) is 5.44. The van der Waals surface area contributed by atoms with Crippen LogP contribution >= 0.6 is 11.6 Å². The van der Waals surface area contributed by atoms with E-state index >= 15 is 0 Å². The van der Waals surface area contributed by atoms with Crippen LogP contribution in [0, 0.1) is 15.9 Å². The molecule has 0 saturated heterocycles. The molecule has 0 saturated carbocycles. The number of nitro benzene ring substituents is 1. The Morgan fingerprint density at radius 1 is 1.65 bits per heavy atom. The quantitative estimate of drug-likeness (QED) is 0.390. The predicted molar refractivity (Wildman–Crippen MR) is 55.6 cm³/mol. The summed E-state index contributed by atoms with van der Waals surface area (Å²) in [6.07, 6.45) is -2.64. The summed E-state index contributed by atoms with van der Waals surface area (Å²) in [7, 11) is 0. The van der Waals surface area contributed by atoms with E-state index in [0.29, 0.717) is 0 Å². The van der Waals surface area contributed by atoms with Gasteiger partial charge < -0.3 is 9.84 Å². The molecule has 92 valence electrons. The average Bonchev–Trinajstić information content (AvgIpc) is 2.26. The van der Waals surface area contributed by atoms with Gasteiger partial charge in [0.25, 0.3) is 0 Å². The molecule has 0 fully saturated rings. The van der Waals surface area contributed by atoms with Crippen LogP contribution in [0.25, 0.3) is 0 Å². The van der Waals surface area contributed by atoms with Crippen molar-refractivity contribution in [2.24, 2.45) is 0 Å². The van der Waals surface area contributed by atoms with E-state index in [1.54, 1.807) is 0 Å². The third kappa shape index (κ3) is 3.28. The molecule has 0 spiro atoms. The predicted octanol–water partition coefficient (Wildman–Crippen LogP) is 2.71. The molecule has 1 atom stereocenters. The molecule has 0 amide bonds. The SMILES string of the molecule is O=C(O)OC(CCl)c1ccc(F)c([N+](=O)[O-])c1. The van der Waals surface area contributed by atoms with Crippen molar-refractivity contribution in [2.75, 3.05) is 5.88 Å².